The van der Waals surface area contributed by atoms with Crippen LogP contribution in [0.1, 0.15) is 6.92 Å². The smallest absolute Gasteiger partial charge is 0.210 e. The van der Waals surface area contributed by atoms with Crippen molar-refractivity contribution in [3.8, 4) is 6.07 Å². The lowest BCUT2D eigenvalue weighted by Gasteiger charge is -2.09. The van der Waals surface area contributed by atoms with Gasteiger partial charge in [0.25, 0.3) is 0 Å². The van der Waals surface area contributed by atoms with Crippen LogP contribution >= 0.6 is 15.9 Å². The standard InChI is InChI=1S/C10H10BrFN2O2S/c1-7(5-13)6-14-17(15,16)10-3-2-8(12)4-9(10)11/h2-4,7,14H,6H2,1H3. The Labute approximate surface area is 108 Å². The summed E-state index contributed by atoms with van der Waals surface area (Å²) in [5.74, 6) is -0.954. The van der Waals surface area contributed by atoms with Crippen LogP contribution in [0.25, 0.3) is 0 Å². The van der Waals surface area contributed by atoms with Gasteiger partial charge >= 0.3 is 0 Å². The lowest BCUT2D eigenvalue weighted by Crippen LogP contribution is -2.28. The molecule has 0 aromatic heterocycles. The van der Waals surface area contributed by atoms with E-state index in [0.29, 0.717) is 0 Å². The van der Waals surface area contributed by atoms with E-state index in [2.05, 4.69) is 20.7 Å². The molecule has 1 aromatic rings. The molecule has 0 amide bonds. The van der Waals surface area contributed by atoms with E-state index in [0.717, 1.165) is 12.1 Å². The normalized spacial score (nSPS) is 13.1. The highest BCUT2D eigenvalue weighted by molar-refractivity contribution is 9.10. The van der Waals surface area contributed by atoms with E-state index < -0.39 is 21.8 Å². The average molecular weight is 321 g/mol. The number of sulfonamides is 1. The van der Waals surface area contributed by atoms with Crippen LogP contribution in [0.2, 0.25) is 0 Å². The van der Waals surface area contributed by atoms with Crippen molar-refractivity contribution >= 4 is 26.0 Å². The van der Waals surface area contributed by atoms with Gasteiger partial charge in [-0.05, 0) is 41.1 Å². The summed E-state index contributed by atoms with van der Waals surface area (Å²) < 4.78 is 38.9. The molecule has 0 aliphatic rings. The average Bonchev–Trinajstić information content (AvgIpc) is 2.25. The van der Waals surface area contributed by atoms with Gasteiger partial charge in [0.2, 0.25) is 10.0 Å². The second-order valence-electron chi connectivity index (χ2n) is 3.46. The van der Waals surface area contributed by atoms with Crippen molar-refractivity contribution in [1.29, 1.82) is 5.26 Å². The van der Waals surface area contributed by atoms with Crippen molar-refractivity contribution in [1.82, 2.24) is 4.72 Å². The highest BCUT2D eigenvalue weighted by Crippen LogP contribution is 2.22. The Morgan fingerprint density at radius 1 is 1.59 bits per heavy atom. The molecule has 1 aromatic carbocycles. The van der Waals surface area contributed by atoms with Gasteiger partial charge < -0.3 is 0 Å². The molecule has 1 unspecified atom stereocenters. The first kappa shape index (κ1) is 14.1. The zero-order valence-corrected chi connectivity index (χ0v) is 11.3. The van der Waals surface area contributed by atoms with Crippen LogP contribution in [-0.4, -0.2) is 15.0 Å². The van der Waals surface area contributed by atoms with Gasteiger partial charge in [-0.1, -0.05) is 0 Å². The number of nitrogens with one attached hydrogen (secondary N) is 1. The monoisotopic (exact) mass is 320 g/mol. The predicted octanol–water partition coefficient (Wildman–Crippen LogP) is 2.03. The van der Waals surface area contributed by atoms with Gasteiger partial charge in [-0.25, -0.2) is 17.5 Å². The maximum Gasteiger partial charge on any atom is 0.241 e. The topological polar surface area (TPSA) is 70.0 Å². The quantitative estimate of drug-likeness (QED) is 0.922. The number of nitriles is 1. The van der Waals surface area contributed by atoms with Gasteiger partial charge in [0, 0.05) is 11.0 Å². The zero-order chi connectivity index (χ0) is 13.1. The van der Waals surface area contributed by atoms with Gasteiger partial charge in [-0.3, -0.25) is 0 Å². The Bertz CT molecular complexity index is 554. The Morgan fingerprint density at radius 3 is 2.76 bits per heavy atom. The lowest BCUT2D eigenvalue weighted by molar-refractivity contribution is 0.571. The third-order valence-corrected chi connectivity index (χ3v) is 4.38. The third kappa shape index (κ3) is 3.77. The van der Waals surface area contributed by atoms with E-state index >= 15 is 0 Å². The molecule has 0 radical (unpaired) electrons. The fourth-order valence-electron chi connectivity index (χ4n) is 1.05. The molecule has 7 heteroatoms. The van der Waals surface area contributed by atoms with Crippen LogP contribution in [0.3, 0.4) is 0 Å². The van der Waals surface area contributed by atoms with E-state index in [4.69, 9.17) is 5.26 Å². The second-order valence-corrected chi connectivity index (χ2v) is 6.05. The minimum absolute atomic E-state index is 0.0165. The fourth-order valence-corrected chi connectivity index (χ4v) is 3.23. The minimum atomic E-state index is -3.73. The summed E-state index contributed by atoms with van der Waals surface area (Å²) in [7, 11) is -3.73. The maximum absolute atomic E-state index is 12.8. The number of hydrogen-bond donors (Lipinski definition) is 1. The predicted molar refractivity (Wildman–Crippen MR) is 64.1 cm³/mol. The van der Waals surface area contributed by atoms with Crippen LogP contribution in [0.5, 0.6) is 0 Å². The minimum Gasteiger partial charge on any atom is -0.210 e. The molecule has 0 spiro atoms. The van der Waals surface area contributed by atoms with E-state index in [1.807, 2.05) is 6.07 Å². The summed E-state index contributed by atoms with van der Waals surface area (Å²) in [6, 6.07) is 5.21. The van der Waals surface area contributed by atoms with Crippen LogP contribution in [0.15, 0.2) is 27.6 Å². The summed E-state index contributed by atoms with van der Waals surface area (Å²) >= 11 is 2.98. The van der Waals surface area contributed by atoms with Gasteiger partial charge in [-0.2, -0.15) is 5.26 Å². The van der Waals surface area contributed by atoms with Crippen molar-refractivity contribution in [2.75, 3.05) is 6.54 Å². The molecular formula is C10H10BrFN2O2S. The van der Waals surface area contributed by atoms with Crippen molar-refractivity contribution in [2.24, 2.45) is 5.92 Å². The molecule has 92 valence electrons. The Morgan fingerprint density at radius 2 is 2.24 bits per heavy atom. The molecule has 17 heavy (non-hydrogen) atoms. The molecule has 0 bridgehead atoms. The largest absolute Gasteiger partial charge is 0.241 e. The Kier molecular flexibility index (Phi) is 4.62. The van der Waals surface area contributed by atoms with E-state index in [1.165, 1.54) is 6.07 Å². The number of benzene rings is 1. The van der Waals surface area contributed by atoms with Gasteiger partial charge in [0.1, 0.15) is 5.82 Å². The van der Waals surface area contributed by atoms with E-state index in [9.17, 15) is 12.8 Å². The first-order valence-corrected chi connectivity index (χ1v) is 6.99. The number of rotatable bonds is 4. The molecule has 4 nitrogen and oxygen atoms in total. The number of hydrogen-bond acceptors (Lipinski definition) is 3. The molecule has 0 saturated heterocycles. The SMILES string of the molecule is CC(C#N)CNS(=O)(=O)c1ccc(F)cc1Br. The first-order valence-electron chi connectivity index (χ1n) is 4.71. The van der Waals surface area contributed by atoms with Crippen molar-refractivity contribution < 1.29 is 12.8 Å². The molecule has 1 atom stereocenters. The van der Waals surface area contributed by atoms with Crippen LogP contribution in [-0.2, 0) is 10.0 Å². The van der Waals surface area contributed by atoms with Gasteiger partial charge in [-0.15, -0.1) is 0 Å². The fraction of sp³-hybridized carbons (Fsp3) is 0.300. The highest BCUT2D eigenvalue weighted by atomic mass is 79.9. The summed E-state index contributed by atoms with van der Waals surface area (Å²) in [6.45, 7) is 1.62. The third-order valence-electron chi connectivity index (χ3n) is 1.98. The zero-order valence-electron chi connectivity index (χ0n) is 8.94. The summed E-state index contributed by atoms with van der Waals surface area (Å²) in [6.07, 6.45) is 0. The molecule has 1 rings (SSSR count). The first-order chi connectivity index (χ1) is 7.86. The Balaban J connectivity index is 2.95. The van der Waals surface area contributed by atoms with Crippen molar-refractivity contribution in [2.45, 2.75) is 11.8 Å². The summed E-state index contributed by atoms with van der Waals surface area (Å²) in [5.41, 5.74) is 0. The Hall–Kier alpha value is -0.970. The van der Waals surface area contributed by atoms with E-state index in [-0.39, 0.29) is 15.9 Å². The molecule has 0 fully saturated rings. The number of nitrogens with zero attached hydrogens (tertiary/aromatic N) is 1. The van der Waals surface area contributed by atoms with Gasteiger partial charge in [0.05, 0.1) is 16.9 Å². The van der Waals surface area contributed by atoms with Crippen molar-refractivity contribution in [3.05, 3.63) is 28.5 Å². The van der Waals surface area contributed by atoms with Crippen LogP contribution in [0.4, 0.5) is 4.39 Å². The highest BCUT2D eigenvalue weighted by Gasteiger charge is 2.18. The molecular weight excluding hydrogens is 311 g/mol. The number of halogens is 2. The molecule has 0 saturated carbocycles. The molecule has 0 aliphatic heterocycles. The maximum atomic E-state index is 12.8. The van der Waals surface area contributed by atoms with Crippen molar-refractivity contribution in [3.63, 3.8) is 0 Å². The lowest BCUT2D eigenvalue weighted by atomic mass is 10.2. The molecule has 1 N–H and O–H groups in total. The summed E-state index contributed by atoms with van der Waals surface area (Å²) in [5, 5.41) is 8.55. The summed E-state index contributed by atoms with van der Waals surface area (Å²) in [4.78, 5) is -0.0518. The van der Waals surface area contributed by atoms with Gasteiger partial charge in [0.15, 0.2) is 0 Å². The van der Waals surface area contributed by atoms with Crippen LogP contribution < -0.4 is 4.72 Å². The second kappa shape index (κ2) is 5.58. The van der Waals surface area contributed by atoms with Crippen LogP contribution in [0, 0.1) is 23.1 Å². The molecule has 0 aliphatic carbocycles. The molecule has 0 heterocycles. The van der Waals surface area contributed by atoms with E-state index in [1.54, 1.807) is 6.92 Å².